The molecule has 2 aromatic rings. The summed E-state index contributed by atoms with van der Waals surface area (Å²) in [5, 5.41) is 8.71. The summed E-state index contributed by atoms with van der Waals surface area (Å²) in [4.78, 5) is 15.6. The van der Waals surface area contributed by atoms with E-state index >= 15 is 0 Å². The zero-order valence-corrected chi connectivity index (χ0v) is 17.3. The Balaban J connectivity index is 1.79. The van der Waals surface area contributed by atoms with Crippen LogP contribution < -0.4 is 5.32 Å². The fourth-order valence-electron chi connectivity index (χ4n) is 4.10. The molecule has 0 saturated carbocycles. The van der Waals surface area contributed by atoms with Crippen LogP contribution in [0.25, 0.3) is 0 Å². The lowest BCUT2D eigenvalue weighted by molar-refractivity contribution is -0.129. The van der Waals surface area contributed by atoms with E-state index in [0.29, 0.717) is 22.2 Å². The summed E-state index contributed by atoms with van der Waals surface area (Å²) in [6.45, 7) is 3.19. The minimum absolute atomic E-state index is 0.00164. The lowest BCUT2D eigenvalue weighted by Crippen LogP contribution is -2.42. The number of benzene rings is 1. The van der Waals surface area contributed by atoms with Crippen molar-refractivity contribution in [2.45, 2.75) is 31.8 Å². The van der Waals surface area contributed by atoms with Crippen LogP contribution in [0, 0.1) is 0 Å². The summed E-state index contributed by atoms with van der Waals surface area (Å²) >= 11 is 12.4. The van der Waals surface area contributed by atoms with E-state index in [4.69, 9.17) is 27.9 Å². The first-order chi connectivity index (χ1) is 13.5. The largest absolute Gasteiger partial charge is 0.383 e. The second-order valence-electron chi connectivity index (χ2n) is 7.15. The monoisotopic (exact) mass is 420 g/mol. The molecule has 2 aliphatic heterocycles. The highest BCUT2D eigenvalue weighted by Gasteiger charge is 2.38. The van der Waals surface area contributed by atoms with Crippen LogP contribution in [0.2, 0.25) is 10.0 Å². The predicted octanol–water partition coefficient (Wildman–Crippen LogP) is 4.12. The van der Waals surface area contributed by atoms with Crippen LogP contribution in [0.5, 0.6) is 0 Å². The number of aromatic nitrogens is 2. The van der Waals surface area contributed by atoms with Crippen LogP contribution in [0.15, 0.2) is 41.7 Å². The van der Waals surface area contributed by atoms with Gasteiger partial charge in [0.2, 0.25) is 0 Å². The molecule has 0 bridgehead atoms. The molecule has 1 aromatic carbocycles. The average Bonchev–Trinajstić information content (AvgIpc) is 3.32. The number of nitrogens with one attached hydrogen (secondary N) is 1. The van der Waals surface area contributed by atoms with Crippen LogP contribution >= 0.6 is 23.2 Å². The number of carbonyl (C=O) groups is 1. The van der Waals surface area contributed by atoms with Crippen LogP contribution in [-0.2, 0) is 9.53 Å². The fraction of sp³-hybridized carbons (Fsp3) is 0.400. The van der Waals surface area contributed by atoms with Crippen molar-refractivity contribution in [1.82, 2.24) is 14.7 Å². The number of nitrogens with zero attached hydrogens (tertiary/aromatic N) is 3. The van der Waals surface area contributed by atoms with Gasteiger partial charge in [-0.2, -0.15) is 5.10 Å². The smallest absolute Gasteiger partial charge is 0.254 e. The maximum Gasteiger partial charge on any atom is 0.254 e. The molecule has 0 radical (unpaired) electrons. The van der Waals surface area contributed by atoms with Gasteiger partial charge in [0.15, 0.2) is 0 Å². The molecule has 28 heavy (non-hydrogen) atoms. The summed E-state index contributed by atoms with van der Waals surface area (Å²) in [5.41, 5.74) is 2.35. The predicted molar refractivity (Wildman–Crippen MR) is 110 cm³/mol. The molecule has 148 valence electrons. The SMILES string of the molecule is COC[C@H]1CCCN1C(=O)C1=C(C)Nc2ccnn2C1c1ccc(Cl)c(Cl)c1. The minimum Gasteiger partial charge on any atom is -0.383 e. The molecule has 8 heteroatoms. The fourth-order valence-corrected chi connectivity index (χ4v) is 4.40. The highest BCUT2D eigenvalue weighted by atomic mass is 35.5. The van der Waals surface area contributed by atoms with Gasteiger partial charge in [0.05, 0.1) is 34.5 Å². The van der Waals surface area contributed by atoms with Gasteiger partial charge in [-0.05, 0) is 37.5 Å². The molecular weight excluding hydrogens is 399 g/mol. The van der Waals surface area contributed by atoms with Gasteiger partial charge in [0.25, 0.3) is 5.91 Å². The van der Waals surface area contributed by atoms with E-state index in [1.165, 1.54) is 0 Å². The molecule has 1 saturated heterocycles. The van der Waals surface area contributed by atoms with Crippen molar-refractivity contribution in [3.05, 3.63) is 57.3 Å². The maximum absolute atomic E-state index is 13.6. The Morgan fingerprint density at radius 3 is 2.89 bits per heavy atom. The van der Waals surface area contributed by atoms with Crippen molar-refractivity contribution >= 4 is 34.9 Å². The van der Waals surface area contributed by atoms with Crippen molar-refractivity contribution in [1.29, 1.82) is 0 Å². The Kier molecular flexibility index (Phi) is 5.36. The lowest BCUT2D eigenvalue weighted by atomic mass is 9.94. The molecule has 2 aliphatic rings. The highest BCUT2D eigenvalue weighted by molar-refractivity contribution is 6.42. The van der Waals surface area contributed by atoms with E-state index in [1.807, 2.05) is 34.7 Å². The molecule has 0 aliphatic carbocycles. The zero-order valence-electron chi connectivity index (χ0n) is 15.8. The summed E-state index contributed by atoms with van der Waals surface area (Å²) in [6, 6.07) is 7.06. The first-order valence-electron chi connectivity index (χ1n) is 9.27. The molecule has 3 heterocycles. The number of rotatable bonds is 4. The third kappa shape index (κ3) is 3.30. The molecule has 1 unspecified atom stereocenters. The summed E-state index contributed by atoms with van der Waals surface area (Å²) in [7, 11) is 1.67. The molecule has 4 rings (SSSR count). The Labute approximate surface area is 174 Å². The first kappa shape index (κ1) is 19.3. The Morgan fingerprint density at radius 2 is 2.14 bits per heavy atom. The molecule has 1 amide bonds. The van der Waals surface area contributed by atoms with E-state index in [0.717, 1.165) is 36.5 Å². The van der Waals surface area contributed by atoms with Gasteiger partial charge in [0, 0.05) is 25.4 Å². The number of hydrogen-bond acceptors (Lipinski definition) is 4. The number of amides is 1. The van der Waals surface area contributed by atoms with E-state index in [1.54, 1.807) is 19.4 Å². The molecule has 0 spiro atoms. The molecule has 1 N–H and O–H groups in total. The maximum atomic E-state index is 13.6. The van der Waals surface area contributed by atoms with E-state index in [9.17, 15) is 4.79 Å². The van der Waals surface area contributed by atoms with Gasteiger partial charge in [-0.25, -0.2) is 4.68 Å². The molecule has 1 aromatic heterocycles. The number of allylic oxidation sites excluding steroid dienone is 1. The van der Waals surface area contributed by atoms with Gasteiger partial charge in [-0.3, -0.25) is 4.79 Å². The lowest BCUT2D eigenvalue weighted by Gasteiger charge is -2.33. The highest BCUT2D eigenvalue weighted by Crippen LogP contribution is 2.39. The van der Waals surface area contributed by atoms with E-state index in [-0.39, 0.29) is 18.0 Å². The van der Waals surface area contributed by atoms with Crippen molar-refractivity contribution in [3.63, 3.8) is 0 Å². The first-order valence-corrected chi connectivity index (χ1v) is 10.0. The van der Waals surface area contributed by atoms with Crippen molar-refractivity contribution in [3.8, 4) is 0 Å². The van der Waals surface area contributed by atoms with Crippen LogP contribution in [-0.4, -0.2) is 46.9 Å². The molecule has 1 fully saturated rings. The average molecular weight is 421 g/mol. The Hall–Kier alpha value is -2.02. The number of likely N-dealkylation sites (tertiary alicyclic amines) is 1. The quantitative estimate of drug-likeness (QED) is 0.807. The van der Waals surface area contributed by atoms with Crippen molar-refractivity contribution in [2.75, 3.05) is 25.6 Å². The second kappa shape index (κ2) is 7.78. The standard InChI is InChI=1S/C20H22Cl2N4O2/c1-12-18(20(27)25-9-3-4-14(25)11-28-2)19(26-17(24-12)7-8-23-26)13-5-6-15(21)16(22)10-13/h5-8,10,14,19,24H,3-4,9,11H2,1-2H3/t14-,19?/m1/s1. The number of methoxy groups -OCH3 is 1. The van der Waals surface area contributed by atoms with Gasteiger partial charge in [-0.1, -0.05) is 29.3 Å². The van der Waals surface area contributed by atoms with Crippen LogP contribution in [0.1, 0.15) is 31.4 Å². The number of anilines is 1. The number of halogens is 2. The molecule has 2 atom stereocenters. The van der Waals surface area contributed by atoms with Crippen molar-refractivity contribution < 1.29 is 9.53 Å². The Bertz CT molecular complexity index is 940. The third-order valence-electron chi connectivity index (χ3n) is 5.39. The summed E-state index contributed by atoms with van der Waals surface area (Å²) in [6.07, 6.45) is 3.64. The van der Waals surface area contributed by atoms with Crippen LogP contribution in [0.3, 0.4) is 0 Å². The molecule has 6 nitrogen and oxygen atoms in total. The Morgan fingerprint density at radius 1 is 1.32 bits per heavy atom. The molecular formula is C20H22Cl2N4O2. The number of hydrogen-bond donors (Lipinski definition) is 1. The van der Waals surface area contributed by atoms with Gasteiger partial charge in [0.1, 0.15) is 11.9 Å². The van der Waals surface area contributed by atoms with E-state index < -0.39 is 0 Å². The van der Waals surface area contributed by atoms with E-state index in [2.05, 4.69) is 10.4 Å². The van der Waals surface area contributed by atoms with Gasteiger partial charge < -0.3 is 15.0 Å². The second-order valence-corrected chi connectivity index (χ2v) is 7.97. The zero-order chi connectivity index (χ0) is 19.8. The van der Waals surface area contributed by atoms with Gasteiger partial charge >= 0.3 is 0 Å². The normalized spacial score (nSPS) is 21.6. The van der Waals surface area contributed by atoms with Crippen LogP contribution in [0.4, 0.5) is 5.82 Å². The summed E-state index contributed by atoms with van der Waals surface area (Å²) < 4.78 is 7.15. The van der Waals surface area contributed by atoms with Gasteiger partial charge in [-0.15, -0.1) is 0 Å². The summed E-state index contributed by atoms with van der Waals surface area (Å²) in [5.74, 6) is 0.835. The topological polar surface area (TPSA) is 59.4 Å². The third-order valence-corrected chi connectivity index (χ3v) is 6.13. The number of carbonyl (C=O) groups excluding carboxylic acids is 1. The number of fused-ring (bicyclic) bond motifs is 1. The number of ether oxygens (including phenoxy) is 1. The van der Waals surface area contributed by atoms with Crippen molar-refractivity contribution in [2.24, 2.45) is 0 Å². The minimum atomic E-state index is -0.377.